The fourth-order valence-electron chi connectivity index (χ4n) is 6.37. The van der Waals surface area contributed by atoms with Crippen LogP contribution in [0.4, 0.5) is 0 Å². The Morgan fingerprint density at radius 2 is 1.03 bits per heavy atom. The van der Waals surface area contributed by atoms with Crippen LogP contribution in [0.3, 0.4) is 0 Å². The van der Waals surface area contributed by atoms with Gasteiger partial charge in [-0.3, -0.25) is 28.8 Å². The molecular formula is C20H23ClN4O8. The first-order valence-corrected chi connectivity index (χ1v) is 10.4. The number of carbonyl (C=O) groups excluding carboxylic acids is 6. The number of amides is 4. The van der Waals surface area contributed by atoms with Crippen LogP contribution in [0.1, 0.15) is 0 Å². The van der Waals surface area contributed by atoms with E-state index in [2.05, 4.69) is 0 Å². The number of likely N-dealkylation sites (tertiary alicyclic amines) is 2. The molecule has 6 aliphatic rings. The third kappa shape index (κ3) is 3.04. The van der Waals surface area contributed by atoms with Gasteiger partial charge >= 0.3 is 11.9 Å². The van der Waals surface area contributed by atoms with Gasteiger partial charge in [-0.1, -0.05) is 12.2 Å². The first kappa shape index (κ1) is 23.3. The summed E-state index contributed by atoms with van der Waals surface area (Å²) in [5, 5.41) is 0. The number of esters is 2. The van der Waals surface area contributed by atoms with Crippen molar-refractivity contribution < 1.29 is 38.2 Å². The van der Waals surface area contributed by atoms with E-state index >= 15 is 0 Å². The highest BCUT2D eigenvalue weighted by molar-refractivity contribution is 6.09. The van der Waals surface area contributed by atoms with Crippen molar-refractivity contribution in [3.05, 3.63) is 12.2 Å². The summed E-state index contributed by atoms with van der Waals surface area (Å²) >= 11 is 0. The molecule has 2 saturated heterocycles. The van der Waals surface area contributed by atoms with Gasteiger partial charge in [-0.2, -0.15) is 0 Å². The lowest BCUT2D eigenvalue weighted by Gasteiger charge is -2.60. The smallest absolute Gasteiger partial charge is 0.321 e. The second-order valence-electron chi connectivity index (χ2n) is 8.71. The van der Waals surface area contributed by atoms with Gasteiger partial charge in [-0.25, -0.2) is 9.80 Å². The summed E-state index contributed by atoms with van der Waals surface area (Å²) in [7, 11) is 0. The van der Waals surface area contributed by atoms with Crippen molar-refractivity contribution in [1.82, 2.24) is 9.80 Å². The standard InChI is InChI=1S/C20H22N4O8.ClH/c21-3-9(25)31-5-23-17(27)13-7-1-2-8(14(13)18(23)28)12-11(7)15-16(12)20(30)24(19(15)29)6-32-10(26)4-22;/h1-2,7-8,11-16H,3-6,21-22H2;1H. The van der Waals surface area contributed by atoms with E-state index in [4.69, 9.17) is 20.9 Å². The highest BCUT2D eigenvalue weighted by Gasteiger charge is 2.75. The van der Waals surface area contributed by atoms with E-state index in [0.29, 0.717) is 0 Å². The lowest BCUT2D eigenvalue weighted by molar-refractivity contribution is -0.166. The van der Waals surface area contributed by atoms with Crippen molar-refractivity contribution in [2.45, 2.75) is 0 Å². The minimum absolute atomic E-state index is 0. The minimum Gasteiger partial charge on any atom is -0.443 e. The van der Waals surface area contributed by atoms with Crippen molar-refractivity contribution in [2.75, 3.05) is 26.6 Å². The van der Waals surface area contributed by atoms with Crippen LogP contribution in [0.15, 0.2) is 12.2 Å². The number of halogens is 1. The van der Waals surface area contributed by atoms with Gasteiger partial charge in [0.15, 0.2) is 13.5 Å². The van der Waals surface area contributed by atoms with Crippen molar-refractivity contribution in [3.63, 3.8) is 0 Å². The molecule has 2 heterocycles. The summed E-state index contributed by atoms with van der Waals surface area (Å²) in [5.41, 5.74) is 10.4. The normalized spacial score (nSPS) is 37.3. The topological polar surface area (TPSA) is 179 Å². The SMILES string of the molecule is Cl.NCC(=O)OCN1C(=O)C2C3C=CC(C2C1=O)C1C2C(=O)N(COC(=O)CN)C(=O)C2C31. The van der Waals surface area contributed by atoms with Gasteiger partial charge in [0.25, 0.3) is 0 Å². The van der Waals surface area contributed by atoms with E-state index in [0.717, 1.165) is 9.80 Å². The highest BCUT2D eigenvalue weighted by atomic mass is 35.5. The third-order valence-electron chi connectivity index (χ3n) is 7.57. The van der Waals surface area contributed by atoms with Crippen molar-refractivity contribution in [3.8, 4) is 0 Å². The number of nitrogens with two attached hydrogens (primary N) is 2. The Morgan fingerprint density at radius 1 is 0.697 bits per heavy atom. The summed E-state index contributed by atoms with van der Waals surface area (Å²) in [5.74, 6) is -7.07. The number of fused-ring (bicyclic) bond motifs is 1. The number of rotatable bonds is 6. The van der Waals surface area contributed by atoms with Crippen molar-refractivity contribution >= 4 is 48.0 Å². The molecule has 0 spiro atoms. The lowest BCUT2D eigenvalue weighted by atomic mass is 9.40. The summed E-state index contributed by atoms with van der Waals surface area (Å²) in [6.45, 7) is -1.73. The molecule has 0 aromatic heterocycles. The summed E-state index contributed by atoms with van der Waals surface area (Å²) in [6.07, 6.45) is 3.72. The molecule has 0 aromatic rings. The number of imide groups is 2. The van der Waals surface area contributed by atoms with Gasteiger partial charge < -0.3 is 20.9 Å². The van der Waals surface area contributed by atoms with E-state index in [1.165, 1.54) is 0 Å². The molecule has 12 nitrogen and oxygen atoms in total. The van der Waals surface area contributed by atoms with Gasteiger partial charge in [0, 0.05) is 0 Å². The number of allylic oxidation sites excluding steroid dienone is 2. The van der Waals surface area contributed by atoms with Crippen LogP contribution < -0.4 is 11.5 Å². The molecule has 4 aliphatic carbocycles. The monoisotopic (exact) mass is 482 g/mol. The molecule has 8 unspecified atom stereocenters. The largest absolute Gasteiger partial charge is 0.443 e. The molecule has 33 heavy (non-hydrogen) atoms. The Bertz CT molecular complexity index is 929. The molecule has 4 fully saturated rings. The fourth-order valence-corrected chi connectivity index (χ4v) is 6.37. The first-order valence-electron chi connectivity index (χ1n) is 10.4. The summed E-state index contributed by atoms with van der Waals surface area (Å²) in [6, 6.07) is 0. The van der Waals surface area contributed by atoms with Gasteiger partial charge in [0.2, 0.25) is 23.6 Å². The number of nitrogens with zero attached hydrogens (tertiary/aromatic N) is 2. The third-order valence-corrected chi connectivity index (χ3v) is 7.57. The predicted molar refractivity (Wildman–Crippen MR) is 108 cm³/mol. The summed E-state index contributed by atoms with van der Waals surface area (Å²) < 4.78 is 9.78. The number of hydrogen-bond donors (Lipinski definition) is 2. The maximum atomic E-state index is 13.0. The van der Waals surface area contributed by atoms with E-state index in [9.17, 15) is 28.8 Å². The fraction of sp³-hybridized carbons (Fsp3) is 0.600. The second-order valence-corrected chi connectivity index (χ2v) is 8.71. The van der Waals surface area contributed by atoms with E-state index < -0.39 is 72.7 Å². The predicted octanol–water partition coefficient (Wildman–Crippen LogP) is -2.41. The Labute approximate surface area is 194 Å². The molecule has 0 radical (unpaired) electrons. The number of hydrogen-bond acceptors (Lipinski definition) is 10. The molecule has 13 heteroatoms. The average Bonchev–Trinajstić information content (AvgIpc) is 3.14. The molecule has 2 aliphatic heterocycles. The van der Waals surface area contributed by atoms with Gasteiger partial charge in [0.05, 0.1) is 36.8 Å². The quantitative estimate of drug-likeness (QED) is 0.235. The molecule has 8 atom stereocenters. The number of ether oxygens (including phenoxy) is 2. The Balaban J connectivity index is 0.00000259. The van der Waals surface area contributed by atoms with Crippen LogP contribution in [-0.4, -0.2) is 71.9 Å². The molecular weight excluding hydrogens is 460 g/mol. The van der Waals surface area contributed by atoms with Crippen LogP contribution in [0.25, 0.3) is 0 Å². The lowest BCUT2D eigenvalue weighted by Crippen LogP contribution is -2.63. The van der Waals surface area contributed by atoms with Gasteiger partial charge in [-0.15, -0.1) is 12.4 Å². The Kier molecular flexibility index (Phi) is 5.79. The van der Waals surface area contributed by atoms with Crippen LogP contribution >= 0.6 is 12.4 Å². The zero-order valence-corrected chi connectivity index (χ0v) is 18.1. The molecule has 0 aromatic carbocycles. The zero-order chi connectivity index (χ0) is 22.9. The molecule has 178 valence electrons. The van der Waals surface area contributed by atoms with E-state index in [1.54, 1.807) is 0 Å². The van der Waals surface area contributed by atoms with Crippen LogP contribution in [-0.2, 0) is 38.2 Å². The second kappa shape index (κ2) is 8.19. The van der Waals surface area contributed by atoms with Crippen molar-refractivity contribution in [1.29, 1.82) is 0 Å². The minimum atomic E-state index is -0.734. The molecule has 4 amide bonds. The maximum absolute atomic E-state index is 13.0. The highest BCUT2D eigenvalue weighted by Crippen LogP contribution is 2.68. The molecule has 2 bridgehead atoms. The van der Waals surface area contributed by atoms with Gasteiger partial charge in [-0.05, 0) is 23.7 Å². The molecule has 6 rings (SSSR count). The van der Waals surface area contributed by atoms with Crippen LogP contribution in [0, 0.1) is 47.3 Å². The maximum Gasteiger partial charge on any atom is 0.321 e. The molecule has 4 N–H and O–H groups in total. The van der Waals surface area contributed by atoms with Crippen LogP contribution in [0.5, 0.6) is 0 Å². The van der Waals surface area contributed by atoms with Crippen LogP contribution in [0.2, 0.25) is 0 Å². The first-order chi connectivity index (χ1) is 15.3. The summed E-state index contributed by atoms with van der Waals surface area (Å²) in [4.78, 5) is 76.6. The zero-order valence-electron chi connectivity index (χ0n) is 17.3. The van der Waals surface area contributed by atoms with Gasteiger partial charge in [0.1, 0.15) is 0 Å². The Morgan fingerprint density at radius 3 is 1.36 bits per heavy atom. The number of carbonyl (C=O) groups is 6. The van der Waals surface area contributed by atoms with Crippen molar-refractivity contribution in [2.24, 2.45) is 58.8 Å². The molecule has 2 saturated carbocycles. The van der Waals surface area contributed by atoms with E-state index in [-0.39, 0.29) is 49.2 Å². The van der Waals surface area contributed by atoms with E-state index in [1.807, 2.05) is 12.2 Å². The Hall–Kier alpha value is -2.83. The average molecular weight is 483 g/mol.